The summed E-state index contributed by atoms with van der Waals surface area (Å²) in [6.07, 6.45) is 2.07. The number of ether oxygens (including phenoxy) is 1. The second kappa shape index (κ2) is 10.7. The van der Waals surface area contributed by atoms with Crippen molar-refractivity contribution < 1.29 is 18.3 Å². The molecule has 1 amide bonds. The van der Waals surface area contributed by atoms with Gasteiger partial charge in [0, 0.05) is 45.4 Å². The van der Waals surface area contributed by atoms with Gasteiger partial charge in [0.25, 0.3) is 5.91 Å². The molecule has 2 aliphatic rings. The van der Waals surface area contributed by atoms with E-state index in [0.29, 0.717) is 47.8 Å². The topological polar surface area (TPSA) is 83.7 Å². The van der Waals surface area contributed by atoms with Crippen LogP contribution < -0.4 is 15.1 Å². The lowest BCUT2D eigenvalue weighted by molar-refractivity contribution is 0.0922. The first-order chi connectivity index (χ1) is 17.1. The van der Waals surface area contributed by atoms with E-state index in [4.69, 9.17) is 14.1 Å². The van der Waals surface area contributed by atoms with Gasteiger partial charge in [-0.1, -0.05) is 23.9 Å². The normalized spacial score (nSPS) is 15.9. The first kappa shape index (κ1) is 23.6. The van der Waals surface area contributed by atoms with Gasteiger partial charge in [0.2, 0.25) is 0 Å². The minimum atomic E-state index is -0.199. The van der Waals surface area contributed by atoms with Crippen LogP contribution in [0.3, 0.4) is 0 Å². The summed E-state index contributed by atoms with van der Waals surface area (Å²) in [5.74, 6) is 1.99. The van der Waals surface area contributed by atoms with Crippen molar-refractivity contribution in [1.29, 1.82) is 0 Å². The van der Waals surface area contributed by atoms with Crippen LogP contribution in [0, 0.1) is 5.82 Å². The molecule has 2 fully saturated rings. The first-order valence-corrected chi connectivity index (χ1v) is 12.7. The van der Waals surface area contributed by atoms with Gasteiger partial charge in [-0.05, 0) is 37.1 Å². The quantitative estimate of drug-likeness (QED) is 0.352. The summed E-state index contributed by atoms with van der Waals surface area (Å²) in [5, 5.41) is 3.55. The van der Waals surface area contributed by atoms with Gasteiger partial charge in [-0.3, -0.25) is 4.79 Å². The fourth-order valence-corrected chi connectivity index (χ4v) is 4.76. The number of rotatable bonds is 9. The minimum Gasteiger partial charge on any atom is -0.455 e. The molecule has 1 saturated heterocycles. The van der Waals surface area contributed by atoms with Crippen molar-refractivity contribution in [2.75, 3.05) is 43.1 Å². The molecule has 0 radical (unpaired) electrons. The molecule has 0 atom stereocenters. The summed E-state index contributed by atoms with van der Waals surface area (Å²) in [4.78, 5) is 25.8. The number of nitrogens with zero attached hydrogens (tertiary/aromatic N) is 4. The van der Waals surface area contributed by atoms with E-state index in [-0.39, 0.29) is 17.8 Å². The lowest BCUT2D eigenvalue weighted by atomic mass is 10.2. The van der Waals surface area contributed by atoms with E-state index in [0.717, 1.165) is 37.4 Å². The summed E-state index contributed by atoms with van der Waals surface area (Å²) in [6, 6.07) is 12.6. The molecule has 1 saturated carbocycles. The number of piperazine rings is 1. The number of carbonyl (C=O) groups excluding carboxylic acids is 1. The van der Waals surface area contributed by atoms with Gasteiger partial charge in [0.1, 0.15) is 17.4 Å². The molecule has 8 nitrogen and oxygen atoms in total. The average molecular weight is 498 g/mol. The van der Waals surface area contributed by atoms with Crippen LogP contribution in [0.1, 0.15) is 34.9 Å². The van der Waals surface area contributed by atoms with Crippen LogP contribution in [0.25, 0.3) is 0 Å². The second-order valence-electron chi connectivity index (χ2n) is 8.66. The highest BCUT2D eigenvalue weighted by atomic mass is 32.2. The van der Waals surface area contributed by atoms with Crippen LogP contribution in [0.15, 0.2) is 52.0 Å². The first-order valence-electron chi connectivity index (χ1n) is 11.7. The number of halogens is 1. The largest absolute Gasteiger partial charge is 0.455 e. The van der Waals surface area contributed by atoms with Crippen molar-refractivity contribution in [1.82, 2.24) is 15.3 Å². The Morgan fingerprint density at radius 2 is 1.91 bits per heavy atom. The highest BCUT2D eigenvalue weighted by molar-refractivity contribution is 7.98. The summed E-state index contributed by atoms with van der Waals surface area (Å²) < 4.78 is 25.2. The molecule has 1 aromatic carbocycles. The highest BCUT2D eigenvalue weighted by Crippen LogP contribution is 2.27. The molecule has 1 N–H and O–H groups in total. The SMILES string of the molecule is COCc1cc(N2CCN(c3ccccc3F)CC2)nc(SCc2ccc(C(=O)NC3CC3)o2)n1. The lowest BCUT2D eigenvalue weighted by Gasteiger charge is -2.37. The third-order valence-corrected chi connectivity index (χ3v) is 6.85. The van der Waals surface area contributed by atoms with Gasteiger partial charge in [0.05, 0.1) is 23.7 Å². The van der Waals surface area contributed by atoms with E-state index >= 15 is 0 Å². The van der Waals surface area contributed by atoms with E-state index < -0.39 is 0 Å². The number of para-hydroxylation sites is 1. The Bertz CT molecular complexity index is 1180. The maximum atomic E-state index is 14.2. The summed E-state index contributed by atoms with van der Waals surface area (Å²) in [6.45, 7) is 3.22. The zero-order valence-corrected chi connectivity index (χ0v) is 20.4. The molecule has 5 rings (SSSR count). The monoisotopic (exact) mass is 497 g/mol. The number of nitrogens with one attached hydrogen (secondary N) is 1. The standard InChI is InChI=1S/C25H28FN5O3S/c1-33-15-18-14-23(31-12-10-30(11-13-31)21-5-3-2-4-20(21)26)29-25(28-18)35-16-19-8-9-22(34-19)24(32)27-17-6-7-17/h2-5,8-9,14,17H,6-7,10-13,15-16H2,1H3,(H,27,32). The fourth-order valence-electron chi connectivity index (χ4n) is 3.99. The Hall–Kier alpha value is -3.11. The number of anilines is 2. The molecule has 184 valence electrons. The Labute approximate surface area is 207 Å². The van der Waals surface area contributed by atoms with Crippen LogP contribution in [-0.2, 0) is 17.1 Å². The summed E-state index contributed by atoms with van der Waals surface area (Å²) in [7, 11) is 1.64. The maximum absolute atomic E-state index is 14.2. The van der Waals surface area contributed by atoms with E-state index in [1.807, 2.05) is 24.3 Å². The zero-order valence-electron chi connectivity index (χ0n) is 19.6. The number of hydrogen-bond donors (Lipinski definition) is 1. The van der Waals surface area contributed by atoms with Crippen LogP contribution >= 0.6 is 11.8 Å². The van der Waals surface area contributed by atoms with Crippen molar-refractivity contribution >= 4 is 29.2 Å². The van der Waals surface area contributed by atoms with Crippen molar-refractivity contribution in [3.63, 3.8) is 0 Å². The van der Waals surface area contributed by atoms with Crippen LogP contribution in [0.2, 0.25) is 0 Å². The molecule has 10 heteroatoms. The van der Waals surface area contributed by atoms with Crippen molar-refractivity contribution in [3.8, 4) is 0 Å². The van der Waals surface area contributed by atoms with Crippen LogP contribution in [-0.4, -0.2) is 55.2 Å². The second-order valence-corrected chi connectivity index (χ2v) is 9.60. The van der Waals surface area contributed by atoms with E-state index in [1.54, 1.807) is 19.2 Å². The van der Waals surface area contributed by atoms with E-state index in [2.05, 4.69) is 20.1 Å². The average Bonchev–Trinajstić information content (AvgIpc) is 3.56. The minimum absolute atomic E-state index is 0.168. The molecule has 3 aromatic rings. The maximum Gasteiger partial charge on any atom is 0.287 e. The van der Waals surface area contributed by atoms with Crippen LogP contribution in [0.5, 0.6) is 0 Å². The Morgan fingerprint density at radius 1 is 1.14 bits per heavy atom. The zero-order chi connectivity index (χ0) is 24.2. The molecule has 0 spiro atoms. The molecule has 0 unspecified atom stereocenters. The third-order valence-electron chi connectivity index (χ3n) is 5.98. The van der Waals surface area contributed by atoms with Crippen molar-refractivity contribution in [2.24, 2.45) is 0 Å². The number of thioether (sulfide) groups is 1. The predicted octanol–water partition coefficient (Wildman–Crippen LogP) is 3.87. The number of amides is 1. The van der Waals surface area contributed by atoms with E-state index in [1.165, 1.54) is 17.8 Å². The van der Waals surface area contributed by atoms with Gasteiger partial charge in [0.15, 0.2) is 10.9 Å². The molecule has 3 heterocycles. The number of hydrogen-bond acceptors (Lipinski definition) is 8. The van der Waals surface area contributed by atoms with Gasteiger partial charge in [-0.2, -0.15) is 0 Å². The van der Waals surface area contributed by atoms with Gasteiger partial charge >= 0.3 is 0 Å². The molecular formula is C25H28FN5O3S. The number of furan rings is 1. The number of aromatic nitrogens is 2. The molecular weight excluding hydrogens is 469 g/mol. The fraction of sp³-hybridized carbons (Fsp3) is 0.400. The molecule has 0 bridgehead atoms. The Morgan fingerprint density at radius 3 is 2.66 bits per heavy atom. The Kier molecular flexibility index (Phi) is 7.19. The van der Waals surface area contributed by atoms with Crippen molar-refractivity contribution in [3.05, 3.63) is 65.5 Å². The number of carbonyl (C=O) groups is 1. The summed E-state index contributed by atoms with van der Waals surface area (Å²) >= 11 is 1.45. The number of methoxy groups -OCH3 is 1. The molecule has 1 aliphatic heterocycles. The van der Waals surface area contributed by atoms with Gasteiger partial charge in [-0.25, -0.2) is 14.4 Å². The number of benzene rings is 1. The molecule has 1 aliphatic carbocycles. The molecule has 2 aromatic heterocycles. The predicted molar refractivity (Wildman–Crippen MR) is 132 cm³/mol. The third kappa shape index (κ3) is 5.94. The Balaban J connectivity index is 1.24. The van der Waals surface area contributed by atoms with Gasteiger partial charge in [-0.15, -0.1) is 0 Å². The molecule has 35 heavy (non-hydrogen) atoms. The smallest absolute Gasteiger partial charge is 0.287 e. The van der Waals surface area contributed by atoms with Crippen molar-refractivity contribution in [2.45, 2.75) is 36.4 Å². The van der Waals surface area contributed by atoms with Gasteiger partial charge < -0.3 is 24.3 Å². The highest BCUT2D eigenvalue weighted by Gasteiger charge is 2.25. The van der Waals surface area contributed by atoms with E-state index in [9.17, 15) is 9.18 Å². The lowest BCUT2D eigenvalue weighted by Crippen LogP contribution is -2.47. The van der Waals surface area contributed by atoms with Crippen LogP contribution in [0.4, 0.5) is 15.9 Å². The summed E-state index contributed by atoms with van der Waals surface area (Å²) in [5.41, 5.74) is 1.43.